The fourth-order valence-corrected chi connectivity index (χ4v) is 2.78. The minimum Gasteiger partial charge on any atom is -0.366 e. The predicted octanol–water partition coefficient (Wildman–Crippen LogP) is 3.54. The van der Waals surface area contributed by atoms with Crippen molar-refractivity contribution >= 4 is 17.4 Å². The molecule has 0 aromatic carbocycles. The van der Waals surface area contributed by atoms with Gasteiger partial charge in [-0.15, -0.1) is 0 Å². The second-order valence-electron chi connectivity index (χ2n) is 6.00. The molecule has 112 valence electrons. The Kier molecular flexibility index (Phi) is 5.61. The van der Waals surface area contributed by atoms with Gasteiger partial charge in [0.25, 0.3) is 0 Å². The Hall–Kier alpha value is -0.870. The number of halogens is 1. The lowest BCUT2D eigenvalue weighted by Crippen LogP contribution is -2.38. The van der Waals surface area contributed by atoms with E-state index in [-0.39, 0.29) is 5.92 Å². The summed E-state index contributed by atoms with van der Waals surface area (Å²) in [5.41, 5.74) is 0. The van der Waals surface area contributed by atoms with Crippen LogP contribution < -0.4 is 5.32 Å². The molecule has 0 bridgehead atoms. The summed E-state index contributed by atoms with van der Waals surface area (Å²) in [5.74, 6) is 1.91. The molecule has 1 aromatic rings. The average Bonchev–Trinajstić information content (AvgIpc) is 2.38. The van der Waals surface area contributed by atoms with Gasteiger partial charge in [0.1, 0.15) is 16.8 Å². The summed E-state index contributed by atoms with van der Waals surface area (Å²) in [6.07, 6.45) is 4.02. The van der Waals surface area contributed by atoms with E-state index >= 15 is 0 Å². The molecule has 20 heavy (non-hydrogen) atoms. The first-order valence-electron chi connectivity index (χ1n) is 7.58. The highest BCUT2D eigenvalue weighted by molar-refractivity contribution is 6.29. The summed E-state index contributed by atoms with van der Waals surface area (Å²) in [7, 11) is 0. The maximum absolute atomic E-state index is 6.07. The van der Waals surface area contributed by atoms with E-state index in [2.05, 4.69) is 41.0 Å². The molecule has 1 aliphatic rings. The molecule has 1 saturated heterocycles. The normalized spacial score (nSPS) is 18.2. The first kappa shape index (κ1) is 15.5. The zero-order valence-corrected chi connectivity index (χ0v) is 13.5. The van der Waals surface area contributed by atoms with Crippen LogP contribution >= 0.6 is 11.6 Å². The molecule has 5 heteroatoms. The van der Waals surface area contributed by atoms with Crippen molar-refractivity contribution in [1.82, 2.24) is 14.9 Å². The van der Waals surface area contributed by atoms with Crippen molar-refractivity contribution in [3.8, 4) is 0 Å². The number of hydrogen-bond donors (Lipinski definition) is 1. The van der Waals surface area contributed by atoms with Crippen molar-refractivity contribution in [3.05, 3.63) is 17.0 Å². The number of likely N-dealkylation sites (tertiary alicyclic amines) is 1. The fourth-order valence-electron chi connectivity index (χ4n) is 2.59. The monoisotopic (exact) mass is 296 g/mol. The van der Waals surface area contributed by atoms with E-state index in [9.17, 15) is 0 Å². The van der Waals surface area contributed by atoms with Crippen LogP contribution in [0.2, 0.25) is 5.15 Å². The number of nitrogens with zero attached hydrogens (tertiary/aromatic N) is 3. The molecule has 0 spiro atoms. The minimum atomic E-state index is 0.284. The molecular formula is C15H25ClN4. The van der Waals surface area contributed by atoms with Gasteiger partial charge >= 0.3 is 0 Å². The van der Waals surface area contributed by atoms with Crippen LogP contribution in [0, 0.1) is 0 Å². The molecule has 2 rings (SSSR count). The third-order valence-corrected chi connectivity index (χ3v) is 3.80. The number of piperidine rings is 1. The van der Waals surface area contributed by atoms with Gasteiger partial charge < -0.3 is 10.2 Å². The van der Waals surface area contributed by atoms with Crippen molar-refractivity contribution in [1.29, 1.82) is 0 Å². The van der Waals surface area contributed by atoms with Gasteiger partial charge in [0, 0.05) is 24.6 Å². The Morgan fingerprint density at radius 2 is 1.90 bits per heavy atom. The van der Waals surface area contributed by atoms with Crippen molar-refractivity contribution in [2.24, 2.45) is 0 Å². The van der Waals surface area contributed by atoms with Crippen LogP contribution in [-0.4, -0.2) is 40.5 Å². The Morgan fingerprint density at radius 1 is 1.20 bits per heavy atom. The van der Waals surface area contributed by atoms with Crippen LogP contribution in [0.1, 0.15) is 51.8 Å². The summed E-state index contributed by atoms with van der Waals surface area (Å²) in [4.78, 5) is 11.3. The second kappa shape index (κ2) is 7.23. The zero-order chi connectivity index (χ0) is 14.5. The molecule has 4 nitrogen and oxygen atoms in total. The smallest absolute Gasteiger partial charge is 0.135 e. The molecule has 1 aliphatic heterocycles. The van der Waals surface area contributed by atoms with Crippen LogP contribution in [0.3, 0.4) is 0 Å². The van der Waals surface area contributed by atoms with Crippen LogP contribution in [0.4, 0.5) is 5.82 Å². The molecule has 0 amide bonds. The maximum atomic E-state index is 6.07. The highest BCUT2D eigenvalue weighted by Gasteiger charge is 2.14. The molecule has 1 atom stereocenters. The number of rotatable bonds is 5. The van der Waals surface area contributed by atoms with Gasteiger partial charge in [0.2, 0.25) is 0 Å². The van der Waals surface area contributed by atoms with Gasteiger partial charge in [-0.1, -0.05) is 31.9 Å². The zero-order valence-electron chi connectivity index (χ0n) is 12.7. The first-order valence-corrected chi connectivity index (χ1v) is 7.96. The number of aromatic nitrogens is 2. The lowest BCUT2D eigenvalue weighted by Gasteiger charge is -2.29. The van der Waals surface area contributed by atoms with E-state index in [4.69, 9.17) is 11.6 Å². The van der Waals surface area contributed by atoms with E-state index in [1.54, 1.807) is 6.07 Å². The van der Waals surface area contributed by atoms with Gasteiger partial charge in [-0.05, 0) is 32.9 Å². The van der Waals surface area contributed by atoms with Crippen LogP contribution in [0.5, 0.6) is 0 Å². The molecule has 0 saturated carbocycles. The second-order valence-corrected chi connectivity index (χ2v) is 6.38. The van der Waals surface area contributed by atoms with Crippen LogP contribution in [-0.2, 0) is 0 Å². The predicted molar refractivity (Wildman–Crippen MR) is 84.5 cm³/mol. The summed E-state index contributed by atoms with van der Waals surface area (Å²) >= 11 is 6.07. The Bertz CT molecular complexity index is 430. The number of hydrogen-bond acceptors (Lipinski definition) is 4. The standard InChI is InChI=1S/C15H25ClN4/c1-11(2)15-18-13(16)9-14(19-15)17-12(3)10-20-7-5-4-6-8-20/h9,11-12H,4-8,10H2,1-3H3,(H,17,18,19). The number of anilines is 1. The third-order valence-electron chi connectivity index (χ3n) is 3.60. The lowest BCUT2D eigenvalue weighted by atomic mass is 10.1. The third kappa shape index (κ3) is 4.60. The Labute approximate surface area is 126 Å². The number of nitrogens with one attached hydrogen (secondary N) is 1. The van der Waals surface area contributed by atoms with Crippen molar-refractivity contribution < 1.29 is 0 Å². The minimum absolute atomic E-state index is 0.284. The van der Waals surface area contributed by atoms with Crippen LogP contribution in [0.15, 0.2) is 6.07 Å². The first-order chi connectivity index (χ1) is 9.54. The summed E-state index contributed by atoms with van der Waals surface area (Å²) in [5, 5.41) is 3.96. The van der Waals surface area contributed by atoms with Crippen molar-refractivity contribution in [3.63, 3.8) is 0 Å². The van der Waals surface area contributed by atoms with Gasteiger partial charge in [0.15, 0.2) is 0 Å². The molecular weight excluding hydrogens is 272 g/mol. The van der Waals surface area contributed by atoms with Crippen molar-refractivity contribution in [2.75, 3.05) is 25.0 Å². The summed E-state index contributed by atoms with van der Waals surface area (Å²) in [6.45, 7) is 9.83. The molecule has 1 unspecified atom stereocenters. The molecule has 2 heterocycles. The SMILES string of the molecule is CC(CN1CCCCC1)Nc1cc(Cl)nc(C(C)C)n1. The lowest BCUT2D eigenvalue weighted by molar-refractivity contribution is 0.223. The molecule has 1 fully saturated rings. The largest absolute Gasteiger partial charge is 0.366 e. The molecule has 1 aromatic heterocycles. The summed E-state index contributed by atoms with van der Waals surface area (Å²) in [6, 6.07) is 2.17. The van der Waals surface area contributed by atoms with Gasteiger partial charge in [-0.25, -0.2) is 9.97 Å². The average molecular weight is 297 g/mol. The molecule has 0 radical (unpaired) electrons. The maximum Gasteiger partial charge on any atom is 0.135 e. The highest BCUT2D eigenvalue weighted by atomic mass is 35.5. The Balaban J connectivity index is 1.94. The summed E-state index contributed by atoms with van der Waals surface area (Å²) < 4.78 is 0. The van der Waals surface area contributed by atoms with E-state index in [1.165, 1.54) is 32.4 Å². The van der Waals surface area contributed by atoms with E-state index in [0.717, 1.165) is 18.2 Å². The van der Waals surface area contributed by atoms with E-state index in [0.29, 0.717) is 11.2 Å². The quantitative estimate of drug-likeness (QED) is 0.844. The van der Waals surface area contributed by atoms with Crippen molar-refractivity contribution in [2.45, 2.75) is 52.0 Å². The fraction of sp³-hybridized carbons (Fsp3) is 0.733. The molecule has 0 aliphatic carbocycles. The van der Waals surface area contributed by atoms with E-state index in [1.807, 2.05) is 0 Å². The van der Waals surface area contributed by atoms with Gasteiger partial charge in [0.05, 0.1) is 0 Å². The van der Waals surface area contributed by atoms with Gasteiger partial charge in [-0.2, -0.15) is 0 Å². The molecule has 1 N–H and O–H groups in total. The Morgan fingerprint density at radius 3 is 2.55 bits per heavy atom. The topological polar surface area (TPSA) is 41.0 Å². The van der Waals surface area contributed by atoms with E-state index < -0.39 is 0 Å². The van der Waals surface area contributed by atoms with Crippen LogP contribution in [0.25, 0.3) is 0 Å². The highest BCUT2D eigenvalue weighted by Crippen LogP contribution is 2.18. The van der Waals surface area contributed by atoms with Gasteiger partial charge in [-0.3, -0.25) is 0 Å².